The minimum Gasteiger partial charge on any atom is -0.497 e. The van der Waals surface area contributed by atoms with Crippen molar-refractivity contribution in [2.75, 3.05) is 32.6 Å². The van der Waals surface area contributed by atoms with Crippen molar-refractivity contribution >= 4 is 21.6 Å². The van der Waals surface area contributed by atoms with E-state index in [-0.39, 0.29) is 16.8 Å². The third-order valence-electron chi connectivity index (χ3n) is 5.15. The van der Waals surface area contributed by atoms with Gasteiger partial charge in [-0.05, 0) is 42.5 Å². The molecule has 0 aromatic heterocycles. The number of hydrogen-bond donors (Lipinski definition) is 3. The van der Waals surface area contributed by atoms with Gasteiger partial charge in [-0.25, -0.2) is 13.6 Å². The largest absolute Gasteiger partial charge is 0.497 e. The van der Waals surface area contributed by atoms with E-state index in [0.29, 0.717) is 12.2 Å². The summed E-state index contributed by atoms with van der Waals surface area (Å²) >= 11 is 0. The number of benzene rings is 2. The van der Waals surface area contributed by atoms with E-state index in [9.17, 15) is 13.2 Å². The molecule has 156 valence electrons. The molecule has 2 atom stereocenters. The lowest BCUT2D eigenvalue weighted by Gasteiger charge is -2.23. The van der Waals surface area contributed by atoms with Crippen LogP contribution in [0.5, 0.6) is 11.5 Å². The van der Waals surface area contributed by atoms with Crippen LogP contribution in [0.25, 0.3) is 0 Å². The molecule has 29 heavy (non-hydrogen) atoms. The molecule has 1 aliphatic heterocycles. The summed E-state index contributed by atoms with van der Waals surface area (Å²) in [5, 5.41) is 7.91. The second-order valence-electron chi connectivity index (χ2n) is 7.01. The number of hydrogen-bond acceptors (Lipinski definition) is 5. The zero-order valence-electron chi connectivity index (χ0n) is 16.5. The Morgan fingerprint density at radius 2 is 1.90 bits per heavy atom. The third-order valence-corrected chi connectivity index (χ3v) is 6.08. The van der Waals surface area contributed by atoms with Gasteiger partial charge in [0.25, 0.3) is 5.91 Å². The second-order valence-corrected chi connectivity index (χ2v) is 8.57. The number of carbonyl (C=O) groups is 1. The van der Waals surface area contributed by atoms with E-state index < -0.39 is 10.0 Å². The highest BCUT2D eigenvalue weighted by Gasteiger charge is 2.34. The fourth-order valence-electron chi connectivity index (χ4n) is 3.75. The number of anilines is 1. The highest BCUT2D eigenvalue weighted by Crippen LogP contribution is 2.31. The highest BCUT2D eigenvalue weighted by atomic mass is 32.2. The molecule has 4 N–H and O–H groups in total. The summed E-state index contributed by atoms with van der Waals surface area (Å²) < 4.78 is 33.5. The molecule has 0 saturated carbocycles. The van der Waals surface area contributed by atoms with Crippen LogP contribution in [0.4, 0.5) is 5.69 Å². The lowest BCUT2D eigenvalue weighted by Crippen LogP contribution is -3.11. The number of nitrogens with two attached hydrogens (primary N) is 1. The Bertz CT molecular complexity index is 976. The highest BCUT2D eigenvalue weighted by molar-refractivity contribution is 7.89. The molecule has 0 bridgehead atoms. The van der Waals surface area contributed by atoms with Gasteiger partial charge in [-0.15, -0.1) is 0 Å². The Morgan fingerprint density at radius 1 is 1.17 bits per heavy atom. The summed E-state index contributed by atoms with van der Waals surface area (Å²) in [4.78, 5) is 13.7. The number of quaternary nitrogens is 1. The van der Waals surface area contributed by atoms with Gasteiger partial charge in [-0.1, -0.05) is 0 Å². The van der Waals surface area contributed by atoms with Crippen LogP contribution in [0.2, 0.25) is 0 Å². The lowest BCUT2D eigenvalue weighted by molar-refractivity contribution is -0.910. The van der Waals surface area contributed by atoms with Crippen molar-refractivity contribution in [1.29, 1.82) is 0 Å². The van der Waals surface area contributed by atoms with Gasteiger partial charge in [-0.3, -0.25) is 4.79 Å². The molecule has 1 aliphatic rings. The Morgan fingerprint density at radius 3 is 2.52 bits per heavy atom. The van der Waals surface area contributed by atoms with Gasteiger partial charge in [0.15, 0.2) is 6.54 Å². The summed E-state index contributed by atoms with van der Waals surface area (Å²) in [6.07, 6.45) is 1.96. The maximum absolute atomic E-state index is 12.6. The summed E-state index contributed by atoms with van der Waals surface area (Å²) in [6, 6.07) is 11.6. The molecular formula is C20H26N3O5S+. The smallest absolute Gasteiger partial charge is 0.279 e. The molecule has 2 aromatic rings. The van der Waals surface area contributed by atoms with Crippen LogP contribution in [0.3, 0.4) is 0 Å². The van der Waals surface area contributed by atoms with Gasteiger partial charge in [-0.2, -0.15) is 0 Å². The van der Waals surface area contributed by atoms with Gasteiger partial charge in [0.05, 0.1) is 31.2 Å². The van der Waals surface area contributed by atoms with Gasteiger partial charge in [0.1, 0.15) is 17.5 Å². The van der Waals surface area contributed by atoms with Crippen molar-refractivity contribution in [2.45, 2.75) is 23.8 Å². The maximum Gasteiger partial charge on any atom is 0.279 e. The van der Waals surface area contributed by atoms with E-state index in [2.05, 4.69) is 5.32 Å². The molecule has 1 saturated heterocycles. The number of ether oxygens (including phenoxy) is 2. The molecule has 2 aromatic carbocycles. The fourth-order valence-corrected chi connectivity index (χ4v) is 4.27. The molecular weight excluding hydrogens is 394 g/mol. The van der Waals surface area contributed by atoms with Crippen molar-refractivity contribution in [3.8, 4) is 11.5 Å². The molecule has 0 spiro atoms. The van der Waals surface area contributed by atoms with Crippen LogP contribution < -0.4 is 24.8 Å². The number of sulfonamides is 1. The lowest BCUT2D eigenvalue weighted by atomic mass is 10.0. The zero-order chi connectivity index (χ0) is 21.0. The summed E-state index contributed by atoms with van der Waals surface area (Å²) in [7, 11) is -0.495. The van der Waals surface area contributed by atoms with Crippen LogP contribution in [0.1, 0.15) is 24.4 Å². The predicted molar refractivity (Wildman–Crippen MR) is 109 cm³/mol. The molecule has 0 aliphatic carbocycles. The molecule has 3 rings (SSSR count). The molecule has 8 nitrogen and oxygen atoms in total. The van der Waals surface area contributed by atoms with Crippen molar-refractivity contribution in [2.24, 2.45) is 5.14 Å². The number of primary sulfonamides is 1. The normalized spacial score (nSPS) is 19.0. The standard InChI is InChI=1S/C20H25N3O5S/c1-27-15-7-10-19(28-2)17(12-15)18-4-3-11-23(18)13-20(24)22-14-5-8-16(9-6-14)29(21,25)26/h5-10,12,18H,3-4,11,13H2,1-2H3,(H,22,24)(H2,21,25,26)/p+1/t18-/m0/s1. The average molecular weight is 421 g/mol. The first-order chi connectivity index (χ1) is 13.8. The van der Waals surface area contributed by atoms with E-state index in [0.717, 1.165) is 41.3 Å². The first-order valence-corrected chi connectivity index (χ1v) is 10.9. The van der Waals surface area contributed by atoms with Crippen LogP contribution in [-0.4, -0.2) is 41.6 Å². The molecule has 1 heterocycles. The maximum atomic E-state index is 12.6. The molecule has 0 radical (unpaired) electrons. The topological polar surface area (TPSA) is 112 Å². The van der Waals surface area contributed by atoms with Crippen LogP contribution >= 0.6 is 0 Å². The number of nitrogens with one attached hydrogen (secondary N) is 2. The predicted octanol–water partition coefficient (Wildman–Crippen LogP) is 0.710. The molecule has 9 heteroatoms. The minimum absolute atomic E-state index is 0.00542. The van der Waals surface area contributed by atoms with Crippen LogP contribution in [0.15, 0.2) is 47.4 Å². The van der Waals surface area contributed by atoms with Crippen LogP contribution in [0, 0.1) is 0 Å². The zero-order valence-corrected chi connectivity index (χ0v) is 17.3. The molecule has 1 fully saturated rings. The number of amides is 1. The van der Waals surface area contributed by atoms with Crippen LogP contribution in [-0.2, 0) is 14.8 Å². The Kier molecular flexibility index (Phi) is 6.41. The van der Waals surface area contributed by atoms with E-state index in [1.54, 1.807) is 14.2 Å². The first kappa shape index (κ1) is 21.1. The second kappa shape index (κ2) is 8.81. The Hall–Kier alpha value is -2.62. The number of carbonyl (C=O) groups excluding carboxylic acids is 1. The third kappa shape index (κ3) is 5.06. The first-order valence-electron chi connectivity index (χ1n) is 9.31. The summed E-state index contributed by atoms with van der Waals surface area (Å²) in [6.45, 7) is 1.17. The summed E-state index contributed by atoms with van der Waals surface area (Å²) in [5.74, 6) is 1.40. The Labute approximate surface area is 170 Å². The summed E-state index contributed by atoms with van der Waals surface area (Å²) in [5.41, 5.74) is 1.56. The number of likely N-dealkylation sites (tertiary alicyclic amines) is 1. The quantitative estimate of drug-likeness (QED) is 0.611. The van der Waals surface area contributed by atoms with Crippen molar-refractivity contribution in [3.63, 3.8) is 0 Å². The van der Waals surface area contributed by atoms with Crippen molar-refractivity contribution in [3.05, 3.63) is 48.0 Å². The average Bonchev–Trinajstić information content (AvgIpc) is 3.14. The molecule has 1 amide bonds. The molecule has 1 unspecified atom stereocenters. The SMILES string of the molecule is COc1ccc(OC)c([C@@H]2CCC[NH+]2CC(=O)Nc2ccc(S(N)(=O)=O)cc2)c1. The van der Waals surface area contributed by atoms with E-state index in [4.69, 9.17) is 14.6 Å². The number of methoxy groups -OCH3 is 2. The minimum atomic E-state index is -3.76. The fraction of sp³-hybridized carbons (Fsp3) is 0.350. The number of rotatable bonds is 7. The van der Waals surface area contributed by atoms with E-state index >= 15 is 0 Å². The van der Waals surface area contributed by atoms with Crippen molar-refractivity contribution in [1.82, 2.24) is 0 Å². The van der Waals surface area contributed by atoms with E-state index in [1.165, 1.54) is 24.3 Å². The van der Waals surface area contributed by atoms with Gasteiger partial charge in [0.2, 0.25) is 10.0 Å². The van der Waals surface area contributed by atoms with Gasteiger partial charge >= 0.3 is 0 Å². The van der Waals surface area contributed by atoms with Crippen molar-refractivity contribution < 1.29 is 27.6 Å². The Balaban J connectivity index is 1.70. The monoisotopic (exact) mass is 420 g/mol. The van der Waals surface area contributed by atoms with E-state index in [1.807, 2.05) is 18.2 Å². The van der Waals surface area contributed by atoms with Gasteiger partial charge in [0, 0.05) is 18.5 Å². The van der Waals surface area contributed by atoms with Gasteiger partial charge < -0.3 is 19.7 Å².